The van der Waals surface area contributed by atoms with Crippen LogP contribution in [0.3, 0.4) is 0 Å². The second kappa shape index (κ2) is 6.75. The van der Waals surface area contributed by atoms with Crippen molar-refractivity contribution >= 4 is 28.2 Å². The number of nitrogens with one attached hydrogen (secondary N) is 1. The van der Waals surface area contributed by atoms with E-state index in [-0.39, 0.29) is 22.7 Å². The quantitative estimate of drug-likeness (QED) is 0.566. The van der Waals surface area contributed by atoms with Crippen LogP contribution in [0.25, 0.3) is 10.9 Å². The second-order valence-electron chi connectivity index (χ2n) is 5.57. The molecule has 0 fully saturated rings. The van der Waals surface area contributed by atoms with Crippen molar-refractivity contribution < 1.29 is 18.8 Å². The van der Waals surface area contributed by atoms with E-state index in [2.05, 4.69) is 10.3 Å². The lowest BCUT2D eigenvalue weighted by atomic mass is 10.1. The maximum absolute atomic E-state index is 13.6. The van der Waals surface area contributed by atoms with Gasteiger partial charge in [-0.1, -0.05) is 0 Å². The van der Waals surface area contributed by atoms with E-state index in [1.165, 1.54) is 49.6 Å². The number of carbonyl (C=O) groups is 1. The van der Waals surface area contributed by atoms with Gasteiger partial charge in [0.2, 0.25) is 0 Å². The molecule has 0 spiro atoms. The number of amides is 1. The summed E-state index contributed by atoms with van der Waals surface area (Å²) in [5.74, 6) is -0.778. The fourth-order valence-corrected chi connectivity index (χ4v) is 2.62. The molecule has 132 valence electrons. The minimum atomic E-state index is -0.573. The number of nitro groups is 1. The number of aromatic nitrogens is 1. The molecule has 8 heteroatoms. The predicted octanol–water partition coefficient (Wildman–Crippen LogP) is 3.85. The highest BCUT2D eigenvalue weighted by Gasteiger charge is 2.17. The Morgan fingerprint density at radius 3 is 2.69 bits per heavy atom. The Bertz CT molecular complexity index is 1040. The molecule has 1 amide bonds. The molecule has 0 radical (unpaired) electrons. The van der Waals surface area contributed by atoms with Gasteiger partial charge < -0.3 is 10.1 Å². The van der Waals surface area contributed by atoms with Crippen LogP contribution in [0.2, 0.25) is 0 Å². The molecule has 0 bridgehead atoms. The minimum absolute atomic E-state index is 0.144. The number of aryl methyl sites for hydroxylation is 1. The Labute approximate surface area is 147 Å². The molecule has 1 aromatic heterocycles. The maximum atomic E-state index is 13.6. The van der Waals surface area contributed by atoms with Crippen molar-refractivity contribution in [1.82, 2.24) is 4.98 Å². The first-order valence-corrected chi connectivity index (χ1v) is 7.59. The summed E-state index contributed by atoms with van der Waals surface area (Å²) in [5, 5.41) is 13.9. The SMILES string of the molecule is COc1ccc([N+](=O)[O-])cc1NC(=O)c1cc(C)nc2ccc(F)cc12. The number of benzene rings is 2. The smallest absolute Gasteiger partial charge is 0.271 e. The first kappa shape index (κ1) is 17.3. The van der Waals surface area contributed by atoms with E-state index >= 15 is 0 Å². The van der Waals surface area contributed by atoms with Gasteiger partial charge in [0.1, 0.15) is 11.6 Å². The van der Waals surface area contributed by atoms with Crippen LogP contribution in [-0.4, -0.2) is 22.9 Å². The fourth-order valence-electron chi connectivity index (χ4n) is 2.62. The van der Waals surface area contributed by atoms with Gasteiger partial charge in [0.05, 0.1) is 28.8 Å². The van der Waals surface area contributed by atoms with E-state index in [9.17, 15) is 19.3 Å². The van der Waals surface area contributed by atoms with Crippen LogP contribution >= 0.6 is 0 Å². The van der Waals surface area contributed by atoms with E-state index in [4.69, 9.17) is 4.74 Å². The van der Waals surface area contributed by atoms with E-state index in [1.807, 2.05) is 0 Å². The van der Waals surface area contributed by atoms with Gasteiger partial charge in [-0.05, 0) is 37.3 Å². The van der Waals surface area contributed by atoms with Gasteiger partial charge in [-0.15, -0.1) is 0 Å². The van der Waals surface area contributed by atoms with Crippen LogP contribution in [0, 0.1) is 22.9 Å². The standard InChI is InChI=1S/C18H14FN3O4/c1-10-7-14(13-8-11(19)3-5-15(13)20-10)18(23)21-16-9-12(22(24)25)4-6-17(16)26-2/h3-9H,1-2H3,(H,21,23). The van der Waals surface area contributed by atoms with Crippen molar-refractivity contribution in [3.63, 3.8) is 0 Å². The molecule has 7 nitrogen and oxygen atoms in total. The van der Waals surface area contributed by atoms with Crippen LogP contribution in [0.1, 0.15) is 16.1 Å². The van der Waals surface area contributed by atoms with Crippen molar-refractivity contribution in [1.29, 1.82) is 0 Å². The van der Waals surface area contributed by atoms with Crippen molar-refractivity contribution in [3.8, 4) is 5.75 Å². The monoisotopic (exact) mass is 355 g/mol. The number of carbonyl (C=O) groups excluding carboxylic acids is 1. The van der Waals surface area contributed by atoms with Gasteiger partial charge in [-0.3, -0.25) is 19.9 Å². The molecule has 0 aliphatic heterocycles. The Morgan fingerprint density at radius 2 is 2.00 bits per heavy atom. The van der Waals surface area contributed by atoms with Crippen molar-refractivity contribution in [3.05, 3.63) is 69.7 Å². The topological polar surface area (TPSA) is 94.4 Å². The minimum Gasteiger partial charge on any atom is -0.495 e. The van der Waals surface area contributed by atoms with Gasteiger partial charge in [0.15, 0.2) is 0 Å². The zero-order valence-corrected chi connectivity index (χ0v) is 13.9. The first-order chi connectivity index (χ1) is 12.4. The Morgan fingerprint density at radius 1 is 1.23 bits per heavy atom. The van der Waals surface area contributed by atoms with Crippen LogP contribution in [0.5, 0.6) is 5.75 Å². The lowest BCUT2D eigenvalue weighted by Crippen LogP contribution is -2.14. The molecule has 3 aromatic rings. The van der Waals surface area contributed by atoms with E-state index in [0.29, 0.717) is 16.6 Å². The van der Waals surface area contributed by atoms with Gasteiger partial charge in [-0.2, -0.15) is 0 Å². The summed E-state index contributed by atoms with van der Waals surface area (Å²) < 4.78 is 18.8. The highest BCUT2D eigenvalue weighted by Crippen LogP contribution is 2.30. The number of ether oxygens (including phenoxy) is 1. The third kappa shape index (κ3) is 3.30. The van der Waals surface area contributed by atoms with Crippen LogP contribution in [0.4, 0.5) is 15.8 Å². The third-order valence-electron chi connectivity index (χ3n) is 3.79. The van der Waals surface area contributed by atoms with E-state index < -0.39 is 16.6 Å². The average molecular weight is 355 g/mol. The Hall–Kier alpha value is -3.55. The number of hydrogen-bond acceptors (Lipinski definition) is 5. The molecular weight excluding hydrogens is 341 g/mol. The molecular formula is C18H14FN3O4. The molecule has 3 rings (SSSR count). The van der Waals surface area contributed by atoms with Gasteiger partial charge >= 0.3 is 0 Å². The normalized spacial score (nSPS) is 10.6. The van der Waals surface area contributed by atoms with Crippen molar-refractivity contribution in [2.45, 2.75) is 6.92 Å². The molecule has 1 N–H and O–H groups in total. The number of halogens is 1. The number of anilines is 1. The summed E-state index contributed by atoms with van der Waals surface area (Å²) in [5.41, 5.74) is 1.22. The molecule has 26 heavy (non-hydrogen) atoms. The summed E-state index contributed by atoms with van der Waals surface area (Å²) >= 11 is 0. The predicted molar refractivity (Wildman–Crippen MR) is 94.0 cm³/mol. The fraction of sp³-hybridized carbons (Fsp3) is 0.111. The highest BCUT2D eigenvalue weighted by molar-refractivity contribution is 6.13. The number of fused-ring (bicyclic) bond motifs is 1. The molecule has 0 aliphatic carbocycles. The van der Waals surface area contributed by atoms with Crippen molar-refractivity contribution in [2.75, 3.05) is 12.4 Å². The van der Waals surface area contributed by atoms with Crippen LogP contribution in [-0.2, 0) is 0 Å². The highest BCUT2D eigenvalue weighted by atomic mass is 19.1. The lowest BCUT2D eigenvalue weighted by Gasteiger charge is -2.12. The maximum Gasteiger partial charge on any atom is 0.271 e. The molecule has 0 aliphatic rings. The summed E-state index contributed by atoms with van der Waals surface area (Å²) in [6, 6.07) is 9.37. The van der Waals surface area contributed by atoms with Crippen molar-refractivity contribution in [2.24, 2.45) is 0 Å². The first-order valence-electron chi connectivity index (χ1n) is 7.59. The number of non-ortho nitro benzene ring substituents is 1. The average Bonchev–Trinajstić information content (AvgIpc) is 2.61. The second-order valence-corrected chi connectivity index (χ2v) is 5.57. The zero-order valence-electron chi connectivity index (χ0n) is 13.9. The third-order valence-corrected chi connectivity index (χ3v) is 3.79. The number of methoxy groups -OCH3 is 1. The van der Waals surface area contributed by atoms with E-state index in [0.717, 1.165) is 0 Å². The Balaban J connectivity index is 2.06. The summed E-state index contributed by atoms with van der Waals surface area (Å²) in [7, 11) is 1.39. The number of rotatable bonds is 4. The zero-order chi connectivity index (χ0) is 18.8. The van der Waals surface area contributed by atoms with Gasteiger partial charge in [0.25, 0.3) is 11.6 Å². The summed E-state index contributed by atoms with van der Waals surface area (Å²) in [4.78, 5) is 27.4. The van der Waals surface area contributed by atoms with Crippen LogP contribution in [0.15, 0.2) is 42.5 Å². The Kier molecular flexibility index (Phi) is 4.49. The summed E-state index contributed by atoms with van der Waals surface area (Å²) in [6.45, 7) is 1.72. The molecule has 0 saturated carbocycles. The lowest BCUT2D eigenvalue weighted by molar-refractivity contribution is -0.384. The molecule has 0 saturated heterocycles. The number of nitro benzene ring substituents is 1. The summed E-state index contributed by atoms with van der Waals surface area (Å²) in [6.07, 6.45) is 0. The number of nitrogens with zero attached hydrogens (tertiary/aromatic N) is 2. The van der Waals surface area contributed by atoms with Gasteiger partial charge in [-0.25, -0.2) is 4.39 Å². The number of hydrogen-bond donors (Lipinski definition) is 1. The molecule has 0 atom stereocenters. The molecule has 0 unspecified atom stereocenters. The molecule has 2 aromatic carbocycles. The largest absolute Gasteiger partial charge is 0.495 e. The van der Waals surface area contributed by atoms with Gasteiger partial charge in [0, 0.05) is 23.2 Å². The van der Waals surface area contributed by atoms with E-state index in [1.54, 1.807) is 6.92 Å². The molecule has 1 heterocycles. The van der Waals surface area contributed by atoms with Crippen LogP contribution < -0.4 is 10.1 Å². The number of pyridine rings is 1.